The van der Waals surface area contributed by atoms with Gasteiger partial charge in [-0.3, -0.25) is 14.4 Å². The quantitative estimate of drug-likeness (QED) is 0.534. The third-order valence-electron chi connectivity index (χ3n) is 1.73. The summed E-state index contributed by atoms with van der Waals surface area (Å²) >= 11 is 3.42. The summed E-state index contributed by atoms with van der Waals surface area (Å²) in [7, 11) is 0. The summed E-state index contributed by atoms with van der Waals surface area (Å²) in [6.07, 6.45) is 1.80. The Labute approximate surface area is 105 Å². The summed E-state index contributed by atoms with van der Waals surface area (Å²) in [4.78, 5) is 30.9. The number of thiol groups is 1. The molecule has 0 aromatic carbocycles. The molecule has 0 spiro atoms. The van der Waals surface area contributed by atoms with Crippen molar-refractivity contribution in [2.24, 2.45) is 0 Å². The molecule has 98 valence electrons. The van der Waals surface area contributed by atoms with Gasteiger partial charge in [0, 0.05) is 0 Å². The van der Waals surface area contributed by atoms with Crippen LogP contribution in [-0.4, -0.2) is 42.0 Å². The first-order chi connectivity index (χ1) is 8.06. The zero-order valence-electron chi connectivity index (χ0n) is 9.39. The maximum absolute atomic E-state index is 10.8. The van der Waals surface area contributed by atoms with Gasteiger partial charge in [-0.2, -0.15) is 12.6 Å². The Morgan fingerprint density at radius 3 is 1.76 bits per heavy atom. The van der Waals surface area contributed by atoms with Crippen LogP contribution in [0.5, 0.6) is 0 Å². The lowest BCUT2D eigenvalue weighted by Gasteiger charge is -2.08. The van der Waals surface area contributed by atoms with E-state index in [2.05, 4.69) is 12.6 Å². The predicted molar refractivity (Wildman–Crippen MR) is 61.9 cm³/mol. The van der Waals surface area contributed by atoms with Gasteiger partial charge in [0.15, 0.2) is 0 Å². The fourth-order valence-corrected chi connectivity index (χ4v) is 0.925. The topological polar surface area (TPSA) is 89.9 Å². The molecule has 1 rings (SSSR count). The van der Waals surface area contributed by atoms with Crippen LogP contribution in [0.15, 0.2) is 0 Å². The summed E-state index contributed by atoms with van der Waals surface area (Å²) in [5.41, 5.74) is 0. The Bertz CT molecular complexity index is 246. The molecule has 0 radical (unpaired) electrons. The molecule has 1 N–H and O–H groups in total. The Kier molecular flexibility index (Phi) is 9.22. The van der Waals surface area contributed by atoms with E-state index in [0.717, 1.165) is 12.8 Å². The smallest absolute Gasteiger partial charge is 0.313 e. The number of hydrogen-bond donors (Lipinski definition) is 2. The monoisotopic (exact) mass is 264 g/mol. The van der Waals surface area contributed by atoms with Crippen molar-refractivity contribution in [3.63, 3.8) is 0 Å². The molecule has 6 nitrogen and oxygen atoms in total. The molecule has 0 bridgehead atoms. The van der Waals surface area contributed by atoms with Gasteiger partial charge in [0.1, 0.15) is 0 Å². The van der Waals surface area contributed by atoms with Crippen molar-refractivity contribution in [1.29, 1.82) is 0 Å². The van der Waals surface area contributed by atoms with Crippen LogP contribution in [0.2, 0.25) is 0 Å². The van der Waals surface area contributed by atoms with Gasteiger partial charge in [-0.1, -0.05) is 0 Å². The third kappa shape index (κ3) is 11.0. The van der Waals surface area contributed by atoms with Crippen LogP contribution in [0.3, 0.4) is 0 Å². The van der Waals surface area contributed by atoms with Gasteiger partial charge >= 0.3 is 17.9 Å². The second kappa shape index (κ2) is 9.95. The molecule has 0 unspecified atom stereocenters. The molecule has 0 saturated carbocycles. The molecule has 1 aliphatic heterocycles. The van der Waals surface area contributed by atoms with Crippen molar-refractivity contribution < 1.29 is 29.0 Å². The number of carboxylic acid groups (broad SMARTS) is 1. The molecule has 0 amide bonds. The fraction of sp³-hybridized carbons (Fsp3) is 0.700. The molecule has 1 fully saturated rings. The SMILES string of the molecule is O=C(O)CS.O=C1CCC(=O)OCCCCO1. The highest BCUT2D eigenvalue weighted by atomic mass is 32.1. The second-order valence-electron chi connectivity index (χ2n) is 3.20. The molecule has 7 heteroatoms. The zero-order valence-corrected chi connectivity index (χ0v) is 10.3. The highest BCUT2D eigenvalue weighted by Crippen LogP contribution is 2.01. The normalized spacial score (nSPS) is 17.0. The van der Waals surface area contributed by atoms with Crippen molar-refractivity contribution >= 4 is 30.5 Å². The minimum Gasteiger partial charge on any atom is -0.481 e. The Morgan fingerprint density at radius 2 is 1.47 bits per heavy atom. The van der Waals surface area contributed by atoms with Gasteiger partial charge in [0.05, 0.1) is 31.8 Å². The number of ether oxygens (including phenoxy) is 2. The van der Waals surface area contributed by atoms with Gasteiger partial charge < -0.3 is 14.6 Å². The van der Waals surface area contributed by atoms with Gasteiger partial charge in [-0.05, 0) is 12.8 Å². The van der Waals surface area contributed by atoms with E-state index < -0.39 is 5.97 Å². The number of carbonyl (C=O) groups excluding carboxylic acids is 2. The maximum Gasteiger partial charge on any atom is 0.313 e. The number of cyclic esters (lactones) is 2. The van der Waals surface area contributed by atoms with Crippen LogP contribution >= 0.6 is 12.6 Å². The van der Waals surface area contributed by atoms with Crippen LogP contribution in [-0.2, 0) is 23.9 Å². The van der Waals surface area contributed by atoms with Gasteiger partial charge in [0.25, 0.3) is 0 Å². The van der Waals surface area contributed by atoms with Gasteiger partial charge in [0.2, 0.25) is 0 Å². The minimum atomic E-state index is -0.881. The standard InChI is InChI=1S/C8H12O4.C2H4O2S/c9-7-3-4-8(10)12-6-2-1-5-11-7;3-2(4)1-5/h1-6H2;5H,1H2,(H,3,4). The number of carbonyl (C=O) groups is 3. The molecule has 0 aromatic rings. The van der Waals surface area contributed by atoms with E-state index in [4.69, 9.17) is 14.6 Å². The average Bonchev–Trinajstić information content (AvgIpc) is 2.31. The van der Waals surface area contributed by atoms with Gasteiger partial charge in [-0.15, -0.1) is 0 Å². The molecule has 0 aliphatic carbocycles. The number of esters is 2. The van der Waals surface area contributed by atoms with Crippen LogP contribution in [0.1, 0.15) is 25.7 Å². The first-order valence-electron chi connectivity index (χ1n) is 5.20. The summed E-state index contributed by atoms with van der Waals surface area (Å²) in [5.74, 6) is -1.59. The van der Waals surface area contributed by atoms with E-state index in [1.807, 2.05) is 0 Å². The predicted octanol–water partition coefficient (Wildman–Crippen LogP) is 0.648. The first-order valence-corrected chi connectivity index (χ1v) is 5.83. The maximum atomic E-state index is 10.8. The molecule has 1 saturated heterocycles. The van der Waals surface area contributed by atoms with E-state index in [1.165, 1.54) is 0 Å². The molecule has 1 aliphatic rings. The summed E-state index contributed by atoms with van der Waals surface area (Å²) < 4.78 is 9.64. The summed E-state index contributed by atoms with van der Waals surface area (Å²) in [6, 6.07) is 0. The minimum absolute atomic E-state index is 0.0833. The second-order valence-corrected chi connectivity index (χ2v) is 3.52. The van der Waals surface area contributed by atoms with Crippen molar-refractivity contribution in [3.8, 4) is 0 Å². The van der Waals surface area contributed by atoms with Crippen LogP contribution < -0.4 is 0 Å². The van der Waals surface area contributed by atoms with E-state index in [0.29, 0.717) is 13.2 Å². The van der Waals surface area contributed by atoms with E-state index in [9.17, 15) is 14.4 Å². The van der Waals surface area contributed by atoms with Crippen molar-refractivity contribution in [2.45, 2.75) is 25.7 Å². The largest absolute Gasteiger partial charge is 0.481 e. The number of aliphatic carboxylic acids is 1. The molecular formula is C10H16O6S. The Hall–Kier alpha value is -1.24. The highest BCUT2D eigenvalue weighted by molar-refractivity contribution is 7.81. The van der Waals surface area contributed by atoms with E-state index >= 15 is 0 Å². The fourth-order valence-electron chi connectivity index (χ4n) is 0.925. The van der Waals surface area contributed by atoms with E-state index in [-0.39, 0.29) is 30.5 Å². The average molecular weight is 264 g/mol. The number of rotatable bonds is 1. The Balaban J connectivity index is 0.000000437. The molecule has 0 atom stereocenters. The first kappa shape index (κ1) is 15.8. The zero-order chi connectivity index (χ0) is 13.1. The third-order valence-corrected chi connectivity index (χ3v) is 2.00. The molecule has 17 heavy (non-hydrogen) atoms. The van der Waals surface area contributed by atoms with Crippen LogP contribution in [0.4, 0.5) is 0 Å². The lowest BCUT2D eigenvalue weighted by molar-refractivity contribution is -0.152. The van der Waals surface area contributed by atoms with Crippen molar-refractivity contribution in [2.75, 3.05) is 19.0 Å². The number of hydrogen-bond acceptors (Lipinski definition) is 6. The van der Waals surface area contributed by atoms with E-state index in [1.54, 1.807) is 0 Å². The van der Waals surface area contributed by atoms with Crippen molar-refractivity contribution in [1.82, 2.24) is 0 Å². The van der Waals surface area contributed by atoms with Crippen LogP contribution in [0.25, 0.3) is 0 Å². The number of carboxylic acids is 1. The van der Waals surface area contributed by atoms with Crippen molar-refractivity contribution in [3.05, 3.63) is 0 Å². The molecular weight excluding hydrogens is 248 g/mol. The lowest BCUT2D eigenvalue weighted by Crippen LogP contribution is -2.14. The van der Waals surface area contributed by atoms with Crippen LogP contribution in [0, 0.1) is 0 Å². The molecule has 1 heterocycles. The Morgan fingerprint density at radius 1 is 1.12 bits per heavy atom. The highest BCUT2D eigenvalue weighted by Gasteiger charge is 2.10. The molecule has 0 aromatic heterocycles. The summed E-state index contributed by atoms with van der Waals surface area (Å²) in [6.45, 7) is 0.882. The summed E-state index contributed by atoms with van der Waals surface area (Å²) in [5, 5.41) is 7.65. The van der Waals surface area contributed by atoms with Gasteiger partial charge in [-0.25, -0.2) is 0 Å². The lowest BCUT2D eigenvalue weighted by atomic mass is 10.3.